The normalized spacial score (nSPS) is 14.6. The maximum absolute atomic E-state index is 13.0. The molecular formula is C18H22FN5. The Morgan fingerprint density at radius 2 is 1.79 bits per heavy atom. The van der Waals surface area contributed by atoms with Crippen molar-refractivity contribution >= 4 is 17.5 Å². The number of piperazine rings is 1. The molecule has 2 aromatic rings. The number of hydrogen-bond acceptors (Lipinski definition) is 5. The van der Waals surface area contributed by atoms with Gasteiger partial charge in [-0.05, 0) is 31.2 Å². The van der Waals surface area contributed by atoms with Crippen molar-refractivity contribution in [2.24, 2.45) is 0 Å². The second-order valence-electron chi connectivity index (χ2n) is 5.81. The first-order valence-corrected chi connectivity index (χ1v) is 8.11. The lowest BCUT2D eigenvalue weighted by Gasteiger charge is -2.36. The quantitative estimate of drug-likeness (QED) is 0.856. The molecule has 2 heterocycles. The Hall–Kier alpha value is -2.63. The van der Waals surface area contributed by atoms with E-state index < -0.39 is 0 Å². The Morgan fingerprint density at radius 1 is 1.12 bits per heavy atom. The first kappa shape index (κ1) is 16.2. The number of hydrogen-bond donors (Lipinski definition) is 1. The fourth-order valence-electron chi connectivity index (χ4n) is 2.78. The molecule has 24 heavy (non-hydrogen) atoms. The number of rotatable bonds is 5. The highest BCUT2D eigenvalue weighted by Crippen LogP contribution is 2.20. The van der Waals surface area contributed by atoms with Crippen LogP contribution < -0.4 is 15.1 Å². The van der Waals surface area contributed by atoms with Gasteiger partial charge < -0.3 is 15.1 Å². The van der Waals surface area contributed by atoms with Crippen molar-refractivity contribution in [1.82, 2.24) is 9.97 Å². The number of aryl methyl sites for hydroxylation is 1. The SMILES string of the molecule is C=CCNc1cc(C)nc(N2CCN(c3ccc(F)cc3)CC2)n1. The van der Waals surface area contributed by atoms with Gasteiger partial charge in [0.05, 0.1) is 0 Å². The van der Waals surface area contributed by atoms with Gasteiger partial charge in [0, 0.05) is 50.2 Å². The fraction of sp³-hybridized carbons (Fsp3) is 0.333. The number of aromatic nitrogens is 2. The summed E-state index contributed by atoms with van der Waals surface area (Å²) in [5.74, 6) is 1.36. The lowest BCUT2D eigenvalue weighted by Crippen LogP contribution is -2.47. The van der Waals surface area contributed by atoms with Crippen molar-refractivity contribution in [2.75, 3.05) is 47.8 Å². The number of halogens is 1. The molecule has 0 bridgehead atoms. The van der Waals surface area contributed by atoms with Crippen molar-refractivity contribution in [3.05, 3.63) is 54.5 Å². The first-order chi connectivity index (χ1) is 11.7. The molecule has 0 atom stereocenters. The van der Waals surface area contributed by atoms with Crippen LogP contribution in [0.1, 0.15) is 5.69 Å². The van der Waals surface area contributed by atoms with Gasteiger partial charge in [-0.2, -0.15) is 4.98 Å². The van der Waals surface area contributed by atoms with Crippen molar-refractivity contribution in [3.63, 3.8) is 0 Å². The Bertz CT molecular complexity index is 693. The Balaban J connectivity index is 1.66. The zero-order valence-corrected chi connectivity index (χ0v) is 13.9. The Morgan fingerprint density at radius 3 is 2.46 bits per heavy atom. The molecule has 1 fully saturated rings. The van der Waals surface area contributed by atoms with Crippen LogP contribution >= 0.6 is 0 Å². The van der Waals surface area contributed by atoms with E-state index >= 15 is 0 Å². The van der Waals surface area contributed by atoms with Gasteiger partial charge in [0.2, 0.25) is 5.95 Å². The first-order valence-electron chi connectivity index (χ1n) is 8.11. The Kier molecular flexibility index (Phi) is 4.93. The summed E-state index contributed by atoms with van der Waals surface area (Å²) < 4.78 is 13.0. The van der Waals surface area contributed by atoms with Gasteiger partial charge in [-0.3, -0.25) is 0 Å². The van der Waals surface area contributed by atoms with Crippen LogP contribution in [0.4, 0.5) is 21.8 Å². The summed E-state index contributed by atoms with van der Waals surface area (Å²) in [5.41, 5.74) is 1.99. The van der Waals surface area contributed by atoms with E-state index in [9.17, 15) is 4.39 Å². The molecular weight excluding hydrogens is 305 g/mol. The third-order valence-corrected chi connectivity index (χ3v) is 4.02. The van der Waals surface area contributed by atoms with Gasteiger partial charge in [-0.15, -0.1) is 6.58 Å². The molecule has 1 N–H and O–H groups in total. The van der Waals surface area contributed by atoms with E-state index in [2.05, 4.69) is 31.7 Å². The zero-order chi connectivity index (χ0) is 16.9. The predicted molar refractivity (Wildman–Crippen MR) is 96.3 cm³/mol. The van der Waals surface area contributed by atoms with Gasteiger partial charge in [0.25, 0.3) is 0 Å². The second-order valence-corrected chi connectivity index (χ2v) is 5.81. The molecule has 1 aromatic carbocycles. The minimum atomic E-state index is -0.204. The van der Waals surface area contributed by atoms with Gasteiger partial charge >= 0.3 is 0 Å². The van der Waals surface area contributed by atoms with Gasteiger partial charge in [0.15, 0.2) is 0 Å². The van der Waals surface area contributed by atoms with E-state index in [4.69, 9.17) is 0 Å². The topological polar surface area (TPSA) is 44.3 Å². The third-order valence-electron chi connectivity index (χ3n) is 4.02. The minimum Gasteiger partial charge on any atom is -0.368 e. The number of nitrogens with one attached hydrogen (secondary N) is 1. The molecule has 1 aliphatic rings. The standard InChI is InChI=1S/C18H22FN5/c1-3-8-20-17-13-14(2)21-18(22-17)24-11-9-23(10-12-24)16-6-4-15(19)5-7-16/h3-7,13H,1,8-12H2,2H3,(H,20,21,22). The summed E-state index contributed by atoms with van der Waals surface area (Å²) in [7, 11) is 0. The average Bonchev–Trinajstić information content (AvgIpc) is 2.60. The van der Waals surface area contributed by atoms with Gasteiger partial charge in [-0.1, -0.05) is 6.08 Å². The number of anilines is 3. The number of nitrogens with zero attached hydrogens (tertiary/aromatic N) is 4. The molecule has 5 nitrogen and oxygen atoms in total. The van der Waals surface area contributed by atoms with Crippen molar-refractivity contribution < 1.29 is 4.39 Å². The lowest BCUT2D eigenvalue weighted by molar-refractivity contribution is 0.623. The maximum atomic E-state index is 13.0. The third kappa shape index (κ3) is 3.82. The second kappa shape index (κ2) is 7.29. The number of benzene rings is 1. The summed E-state index contributed by atoms with van der Waals surface area (Å²) in [5, 5.41) is 3.21. The van der Waals surface area contributed by atoms with E-state index in [1.54, 1.807) is 6.08 Å². The van der Waals surface area contributed by atoms with Crippen molar-refractivity contribution in [3.8, 4) is 0 Å². The molecule has 0 spiro atoms. The molecule has 1 aromatic heterocycles. The maximum Gasteiger partial charge on any atom is 0.227 e. The van der Waals surface area contributed by atoms with Gasteiger partial charge in [0.1, 0.15) is 11.6 Å². The van der Waals surface area contributed by atoms with E-state index in [0.29, 0.717) is 6.54 Å². The highest BCUT2D eigenvalue weighted by molar-refractivity contribution is 5.49. The fourth-order valence-corrected chi connectivity index (χ4v) is 2.78. The summed E-state index contributed by atoms with van der Waals surface area (Å²) in [6, 6.07) is 8.59. The summed E-state index contributed by atoms with van der Waals surface area (Å²) >= 11 is 0. The van der Waals surface area contributed by atoms with E-state index in [-0.39, 0.29) is 5.82 Å². The van der Waals surface area contributed by atoms with Crippen molar-refractivity contribution in [1.29, 1.82) is 0 Å². The van der Waals surface area contributed by atoms with Crippen LogP contribution in [0.2, 0.25) is 0 Å². The van der Waals surface area contributed by atoms with E-state index in [0.717, 1.165) is 49.3 Å². The van der Waals surface area contributed by atoms with E-state index in [1.165, 1.54) is 12.1 Å². The van der Waals surface area contributed by atoms with Crippen LogP contribution in [0, 0.1) is 12.7 Å². The molecule has 3 rings (SSSR count). The van der Waals surface area contributed by atoms with Crippen molar-refractivity contribution in [2.45, 2.75) is 6.92 Å². The summed E-state index contributed by atoms with van der Waals surface area (Å²) in [6.45, 7) is 9.74. The predicted octanol–water partition coefficient (Wildman–Crippen LogP) is 2.85. The van der Waals surface area contributed by atoms with Crippen LogP contribution in [0.15, 0.2) is 43.0 Å². The smallest absolute Gasteiger partial charge is 0.227 e. The highest BCUT2D eigenvalue weighted by Gasteiger charge is 2.20. The molecule has 1 saturated heterocycles. The highest BCUT2D eigenvalue weighted by atomic mass is 19.1. The van der Waals surface area contributed by atoms with Crippen LogP contribution in [0.5, 0.6) is 0 Å². The summed E-state index contributed by atoms with van der Waals surface area (Å²) in [6.07, 6.45) is 1.80. The van der Waals surface area contributed by atoms with Gasteiger partial charge in [-0.25, -0.2) is 9.37 Å². The monoisotopic (exact) mass is 327 g/mol. The largest absolute Gasteiger partial charge is 0.368 e. The molecule has 0 amide bonds. The molecule has 0 radical (unpaired) electrons. The zero-order valence-electron chi connectivity index (χ0n) is 13.9. The average molecular weight is 327 g/mol. The molecule has 0 unspecified atom stereocenters. The lowest BCUT2D eigenvalue weighted by atomic mass is 10.2. The van der Waals surface area contributed by atoms with Crippen LogP contribution in [-0.2, 0) is 0 Å². The molecule has 0 aliphatic carbocycles. The summed E-state index contributed by atoms with van der Waals surface area (Å²) in [4.78, 5) is 13.6. The van der Waals surface area contributed by atoms with Crippen LogP contribution in [0.25, 0.3) is 0 Å². The molecule has 1 aliphatic heterocycles. The van der Waals surface area contributed by atoms with Crippen LogP contribution in [0.3, 0.4) is 0 Å². The minimum absolute atomic E-state index is 0.204. The molecule has 6 heteroatoms. The molecule has 126 valence electrons. The van der Waals surface area contributed by atoms with E-state index in [1.807, 2.05) is 25.1 Å². The van der Waals surface area contributed by atoms with Crippen LogP contribution in [-0.4, -0.2) is 42.7 Å². The Labute approximate surface area is 141 Å². The molecule has 0 saturated carbocycles.